The number of nitrogens with one attached hydrogen (secondary N) is 2. The summed E-state index contributed by atoms with van der Waals surface area (Å²) in [6.45, 7) is 0. The van der Waals surface area contributed by atoms with Crippen molar-refractivity contribution in [1.29, 1.82) is 0 Å². The van der Waals surface area contributed by atoms with Crippen molar-refractivity contribution in [3.63, 3.8) is 0 Å². The molecule has 4 aromatic heterocycles. The number of aromatic nitrogens is 5. The summed E-state index contributed by atoms with van der Waals surface area (Å²) in [6.07, 6.45) is 7.25. The fourth-order valence-corrected chi connectivity index (χ4v) is 3.04. The van der Waals surface area contributed by atoms with Gasteiger partial charge < -0.3 is 4.98 Å². The summed E-state index contributed by atoms with van der Waals surface area (Å²) in [6, 6.07) is 14.4. The van der Waals surface area contributed by atoms with Crippen molar-refractivity contribution in [2.75, 3.05) is 0 Å². The van der Waals surface area contributed by atoms with E-state index in [-0.39, 0.29) is 0 Å². The molecule has 1 aromatic carbocycles. The first kappa shape index (κ1) is 13.0. The van der Waals surface area contributed by atoms with Gasteiger partial charge in [0.25, 0.3) is 0 Å². The standard InChI is InChI=1S/C19H13N5/c1-2-17-15(9-13(1)12-3-6-20-7-4-12)19(24-23-17)18-10-14-11-21-8-5-16(14)22-18/h1-11,22H,(H,23,24). The Bertz CT molecular complexity index is 1120. The van der Waals surface area contributed by atoms with Gasteiger partial charge >= 0.3 is 0 Å². The Morgan fingerprint density at radius 1 is 0.750 bits per heavy atom. The molecule has 0 atom stereocenters. The molecule has 0 unspecified atom stereocenters. The van der Waals surface area contributed by atoms with Crippen LogP contribution >= 0.6 is 0 Å². The van der Waals surface area contributed by atoms with Crippen LogP contribution in [0.2, 0.25) is 0 Å². The molecular weight excluding hydrogens is 298 g/mol. The third-order valence-corrected chi connectivity index (χ3v) is 4.25. The monoisotopic (exact) mass is 311 g/mol. The van der Waals surface area contributed by atoms with Gasteiger partial charge in [0.15, 0.2) is 0 Å². The van der Waals surface area contributed by atoms with Crippen LogP contribution in [0.3, 0.4) is 0 Å². The third kappa shape index (κ3) is 1.99. The van der Waals surface area contributed by atoms with Crippen molar-refractivity contribution in [1.82, 2.24) is 25.1 Å². The van der Waals surface area contributed by atoms with E-state index < -0.39 is 0 Å². The van der Waals surface area contributed by atoms with Crippen LogP contribution in [-0.4, -0.2) is 25.1 Å². The molecule has 0 radical (unpaired) electrons. The van der Waals surface area contributed by atoms with E-state index in [4.69, 9.17) is 0 Å². The molecular formula is C19H13N5. The number of hydrogen-bond acceptors (Lipinski definition) is 3. The van der Waals surface area contributed by atoms with Crippen molar-refractivity contribution in [2.45, 2.75) is 0 Å². The predicted molar refractivity (Wildman–Crippen MR) is 94.4 cm³/mol. The van der Waals surface area contributed by atoms with Crippen molar-refractivity contribution >= 4 is 21.8 Å². The highest BCUT2D eigenvalue weighted by atomic mass is 15.1. The minimum atomic E-state index is 0.914. The van der Waals surface area contributed by atoms with Gasteiger partial charge in [-0.3, -0.25) is 15.1 Å². The van der Waals surface area contributed by atoms with E-state index in [0.717, 1.165) is 44.3 Å². The molecule has 0 aliphatic carbocycles. The van der Waals surface area contributed by atoms with Crippen molar-refractivity contribution < 1.29 is 0 Å². The Morgan fingerprint density at radius 3 is 2.50 bits per heavy atom. The van der Waals surface area contributed by atoms with E-state index >= 15 is 0 Å². The lowest BCUT2D eigenvalue weighted by Crippen LogP contribution is -1.80. The number of benzene rings is 1. The second kappa shape index (κ2) is 5.03. The molecule has 0 amide bonds. The third-order valence-electron chi connectivity index (χ3n) is 4.25. The number of nitrogens with zero attached hydrogens (tertiary/aromatic N) is 3. The number of H-pyrrole nitrogens is 2. The van der Waals surface area contributed by atoms with Gasteiger partial charge in [0.2, 0.25) is 0 Å². The number of hydrogen-bond donors (Lipinski definition) is 2. The van der Waals surface area contributed by atoms with Crippen LogP contribution in [0.5, 0.6) is 0 Å². The second-order valence-electron chi connectivity index (χ2n) is 5.71. The maximum atomic E-state index is 4.51. The highest BCUT2D eigenvalue weighted by Gasteiger charge is 2.12. The van der Waals surface area contributed by atoms with Crippen LogP contribution in [0.1, 0.15) is 0 Å². The number of pyridine rings is 2. The normalized spacial score (nSPS) is 11.3. The van der Waals surface area contributed by atoms with Gasteiger partial charge in [-0.2, -0.15) is 5.10 Å². The average molecular weight is 311 g/mol. The zero-order valence-electron chi connectivity index (χ0n) is 12.7. The molecule has 0 saturated heterocycles. The number of rotatable bonds is 2. The van der Waals surface area contributed by atoms with Gasteiger partial charge in [0, 0.05) is 41.1 Å². The van der Waals surface area contributed by atoms with Crippen molar-refractivity contribution in [3.05, 3.63) is 67.3 Å². The molecule has 0 saturated carbocycles. The zero-order valence-corrected chi connectivity index (χ0v) is 12.7. The lowest BCUT2D eigenvalue weighted by atomic mass is 10.0. The Balaban J connectivity index is 1.71. The quantitative estimate of drug-likeness (QED) is 0.514. The molecule has 5 rings (SSSR count). The van der Waals surface area contributed by atoms with E-state index in [9.17, 15) is 0 Å². The topological polar surface area (TPSA) is 70.2 Å². The van der Waals surface area contributed by atoms with E-state index in [1.165, 1.54) is 0 Å². The van der Waals surface area contributed by atoms with Crippen LogP contribution in [0.25, 0.3) is 44.3 Å². The summed E-state index contributed by atoms with van der Waals surface area (Å²) in [5.74, 6) is 0. The lowest BCUT2D eigenvalue weighted by molar-refractivity contribution is 1.12. The maximum absolute atomic E-state index is 4.51. The van der Waals surface area contributed by atoms with E-state index in [0.29, 0.717) is 0 Å². The molecule has 114 valence electrons. The molecule has 0 bridgehead atoms. The number of fused-ring (bicyclic) bond motifs is 2. The molecule has 0 aliphatic heterocycles. The zero-order chi connectivity index (χ0) is 15.9. The largest absolute Gasteiger partial charge is 0.353 e. The SMILES string of the molecule is c1cc(-c2ccc3[nH]nc(-c4cc5cnccc5[nH]4)c3c2)ccn1. The molecule has 5 heteroatoms. The molecule has 0 fully saturated rings. The fraction of sp³-hybridized carbons (Fsp3) is 0. The van der Waals surface area contributed by atoms with Gasteiger partial charge in [0.05, 0.1) is 11.2 Å². The Morgan fingerprint density at radius 2 is 1.62 bits per heavy atom. The average Bonchev–Trinajstić information content (AvgIpc) is 3.25. The van der Waals surface area contributed by atoms with E-state index in [2.05, 4.69) is 49.4 Å². The summed E-state index contributed by atoms with van der Waals surface area (Å²) in [7, 11) is 0. The molecule has 5 nitrogen and oxygen atoms in total. The molecule has 0 spiro atoms. The highest BCUT2D eigenvalue weighted by molar-refractivity contribution is 5.97. The smallest absolute Gasteiger partial charge is 0.116 e. The first-order valence-corrected chi connectivity index (χ1v) is 7.70. The van der Waals surface area contributed by atoms with Crippen LogP contribution in [0.4, 0.5) is 0 Å². The van der Waals surface area contributed by atoms with Gasteiger partial charge in [-0.25, -0.2) is 0 Å². The van der Waals surface area contributed by atoms with Crippen molar-refractivity contribution in [3.8, 4) is 22.5 Å². The second-order valence-corrected chi connectivity index (χ2v) is 5.71. The first-order chi connectivity index (χ1) is 11.9. The van der Waals surface area contributed by atoms with Crippen molar-refractivity contribution in [2.24, 2.45) is 0 Å². The summed E-state index contributed by atoms with van der Waals surface area (Å²) in [5, 5.41) is 9.78. The maximum Gasteiger partial charge on any atom is 0.116 e. The Hall–Kier alpha value is -3.47. The molecule has 5 aromatic rings. The highest BCUT2D eigenvalue weighted by Crippen LogP contribution is 2.31. The minimum absolute atomic E-state index is 0.914. The minimum Gasteiger partial charge on any atom is -0.353 e. The first-order valence-electron chi connectivity index (χ1n) is 7.70. The number of aromatic amines is 2. The van der Waals surface area contributed by atoms with Crippen LogP contribution in [0, 0.1) is 0 Å². The molecule has 24 heavy (non-hydrogen) atoms. The van der Waals surface area contributed by atoms with E-state index in [1.807, 2.05) is 24.4 Å². The summed E-state index contributed by atoms with van der Waals surface area (Å²) < 4.78 is 0. The van der Waals surface area contributed by atoms with Gasteiger partial charge in [-0.15, -0.1) is 0 Å². The van der Waals surface area contributed by atoms with E-state index in [1.54, 1.807) is 18.6 Å². The van der Waals surface area contributed by atoms with Crippen LogP contribution in [-0.2, 0) is 0 Å². The predicted octanol–water partition coefficient (Wildman–Crippen LogP) is 4.17. The Kier molecular flexibility index (Phi) is 2.72. The van der Waals surface area contributed by atoms with Crippen LogP contribution < -0.4 is 0 Å². The fourth-order valence-electron chi connectivity index (χ4n) is 3.04. The Labute approximate surface area is 137 Å². The van der Waals surface area contributed by atoms with Gasteiger partial charge in [-0.1, -0.05) is 6.07 Å². The molecule has 0 aliphatic rings. The summed E-state index contributed by atoms with van der Waals surface area (Å²) in [4.78, 5) is 11.7. The van der Waals surface area contributed by atoms with Gasteiger partial charge in [0.1, 0.15) is 5.69 Å². The molecule has 2 N–H and O–H groups in total. The van der Waals surface area contributed by atoms with Crippen LogP contribution in [0.15, 0.2) is 67.3 Å². The summed E-state index contributed by atoms with van der Waals surface area (Å²) in [5.41, 5.74) is 6.25. The lowest BCUT2D eigenvalue weighted by Gasteiger charge is -2.01. The molecule has 4 heterocycles. The summed E-state index contributed by atoms with van der Waals surface area (Å²) >= 11 is 0. The van der Waals surface area contributed by atoms with Gasteiger partial charge in [-0.05, 0) is 47.5 Å².